The number of hydrogen-bond acceptors (Lipinski definition) is 5. The normalized spacial score (nSPS) is 14.5. The second kappa shape index (κ2) is 8.79. The van der Waals surface area contributed by atoms with E-state index in [4.69, 9.17) is 18.9 Å². The van der Waals surface area contributed by atoms with Crippen LogP contribution in [0.25, 0.3) is 10.9 Å². The van der Waals surface area contributed by atoms with Crippen LogP contribution in [0.2, 0.25) is 0 Å². The van der Waals surface area contributed by atoms with Crippen molar-refractivity contribution in [2.75, 3.05) is 41.5 Å². The van der Waals surface area contributed by atoms with Crippen LogP contribution in [-0.2, 0) is 0 Å². The topological polar surface area (TPSA) is 73.0 Å². The van der Waals surface area contributed by atoms with Crippen LogP contribution in [0, 0.1) is 0 Å². The van der Waals surface area contributed by atoms with Crippen molar-refractivity contribution in [3.8, 4) is 23.0 Å². The van der Waals surface area contributed by atoms with Gasteiger partial charge in [0.2, 0.25) is 5.75 Å². The molecule has 7 heteroatoms. The van der Waals surface area contributed by atoms with Gasteiger partial charge in [0.05, 0.1) is 34.0 Å². The van der Waals surface area contributed by atoms with Crippen molar-refractivity contribution < 1.29 is 23.7 Å². The Bertz CT molecular complexity index is 1080. The molecule has 1 amide bonds. The largest absolute Gasteiger partial charge is 0.497 e. The molecular weight excluding hydrogens is 396 g/mol. The first-order chi connectivity index (χ1) is 15.1. The monoisotopic (exact) mass is 424 g/mol. The van der Waals surface area contributed by atoms with E-state index in [-0.39, 0.29) is 5.91 Å². The summed E-state index contributed by atoms with van der Waals surface area (Å²) < 4.78 is 21.6. The summed E-state index contributed by atoms with van der Waals surface area (Å²) in [5.74, 6) is 2.54. The molecule has 2 heterocycles. The highest BCUT2D eigenvalue weighted by atomic mass is 16.5. The molecule has 3 aromatic rings. The van der Waals surface area contributed by atoms with Gasteiger partial charge in [0.25, 0.3) is 5.91 Å². The molecule has 1 fully saturated rings. The molecule has 0 saturated carbocycles. The summed E-state index contributed by atoms with van der Waals surface area (Å²) in [6.45, 7) is 1.36. The predicted octanol–water partition coefficient (Wildman–Crippen LogP) is 4.22. The molecule has 1 saturated heterocycles. The van der Waals surface area contributed by atoms with Gasteiger partial charge in [-0.1, -0.05) is 0 Å². The van der Waals surface area contributed by atoms with Gasteiger partial charge in [-0.2, -0.15) is 0 Å². The summed E-state index contributed by atoms with van der Waals surface area (Å²) >= 11 is 0. The maximum Gasteiger partial charge on any atom is 0.257 e. The number of carbonyl (C=O) groups excluding carboxylic acids is 1. The molecule has 31 heavy (non-hydrogen) atoms. The van der Waals surface area contributed by atoms with E-state index < -0.39 is 0 Å². The lowest BCUT2D eigenvalue weighted by molar-refractivity contribution is 0.0709. The van der Waals surface area contributed by atoms with Crippen LogP contribution in [0.3, 0.4) is 0 Å². The number of nitrogens with zero attached hydrogens (tertiary/aromatic N) is 1. The van der Waals surface area contributed by atoms with Crippen molar-refractivity contribution in [2.45, 2.75) is 18.8 Å². The van der Waals surface area contributed by atoms with Gasteiger partial charge in [0, 0.05) is 30.2 Å². The highest BCUT2D eigenvalue weighted by molar-refractivity contribution is 5.98. The number of amides is 1. The summed E-state index contributed by atoms with van der Waals surface area (Å²) in [4.78, 5) is 18.5. The zero-order valence-electron chi connectivity index (χ0n) is 18.4. The molecule has 0 bridgehead atoms. The zero-order valence-corrected chi connectivity index (χ0v) is 18.4. The van der Waals surface area contributed by atoms with Crippen LogP contribution in [-0.4, -0.2) is 57.3 Å². The number of carbonyl (C=O) groups is 1. The van der Waals surface area contributed by atoms with Crippen molar-refractivity contribution >= 4 is 16.8 Å². The molecule has 0 unspecified atom stereocenters. The molecule has 0 atom stereocenters. The van der Waals surface area contributed by atoms with Gasteiger partial charge in [-0.25, -0.2) is 0 Å². The summed E-state index contributed by atoms with van der Waals surface area (Å²) in [5.41, 5.74) is 2.87. The number of benzene rings is 2. The van der Waals surface area contributed by atoms with Gasteiger partial charge in [-0.05, 0) is 54.7 Å². The highest BCUT2D eigenvalue weighted by Gasteiger charge is 2.29. The van der Waals surface area contributed by atoms with E-state index in [2.05, 4.69) is 17.2 Å². The van der Waals surface area contributed by atoms with E-state index >= 15 is 0 Å². The number of hydrogen-bond donors (Lipinski definition) is 1. The van der Waals surface area contributed by atoms with Crippen molar-refractivity contribution in [1.29, 1.82) is 0 Å². The van der Waals surface area contributed by atoms with Gasteiger partial charge < -0.3 is 28.8 Å². The number of fused-ring (bicyclic) bond motifs is 1. The van der Waals surface area contributed by atoms with E-state index in [0.29, 0.717) is 41.8 Å². The third-order valence-electron chi connectivity index (χ3n) is 6.08. The van der Waals surface area contributed by atoms with Gasteiger partial charge >= 0.3 is 0 Å². The maximum absolute atomic E-state index is 13.3. The number of H-pyrrole nitrogens is 1. The third-order valence-corrected chi connectivity index (χ3v) is 6.08. The van der Waals surface area contributed by atoms with E-state index in [1.54, 1.807) is 26.4 Å². The quantitative estimate of drug-likeness (QED) is 0.641. The van der Waals surface area contributed by atoms with E-state index in [9.17, 15) is 4.79 Å². The fourth-order valence-electron chi connectivity index (χ4n) is 4.42. The minimum absolute atomic E-state index is 0.0585. The van der Waals surface area contributed by atoms with Crippen molar-refractivity contribution in [3.63, 3.8) is 0 Å². The van der Waals surface area contributed by atoms with Crippen LogP contribution < -0.4 is 18.9 Å². The first-order valence-corrected chi connectivity index (χ1v) is 10.3. The average molecular weight is 424 g/mol. The van der Waals surface area contributed by atoms with Gasteiger partial charge in [0.1, 0.15) is 5.75 Å². The molecule has 1 aliphatic heterocycles. The van der Waals surface area contributed by atoms with Crippen LogP contribution in [0.4, 0.5) is 0 Å². The lowest BCUT2D eigenvalue weighted by Gasteiger charge is -2.32. The molecule has 7 nitrogen and oxygen atoms in total. The van der Waals surface area contributed by atoms with Crippen molar-refractivity contribution in [2.24, 2.45) is 0 Å². The highest BCUT2D eigenvalue weighted by Crippen LogP contribution is 2.41. The van der Waals surface area contributed by atoms with E-state index in [1.165, 1.54) is 25.2 Å². The smallest absolute Gasteiger partial charge is 0.257 e. The molecule has 0 radical (unpaired) electrons. The Morgan fingerprint density at radius 3 is 2.32 bits per heavy atom. The van der Waals surface area contributed by atoms with Gasteiger partial charge in [0.15, 0.2) is 11.5 Å². The fraction of sp³-hybridized carbons (Fsp3) is 0.375. The van der Waals surface area contributed by atoms with Crippen LogP contribution in [0.15, 0.2) is 36.5 Å². The number of aromatic nitrogens is 1. The molecule has 164 valence electrons. The molecule has 4 rings (SSSR count). The number of ether oxygens (including phenoxy) is 4. The number of rotatable bonds is 6. The lowest BCUT2D eigenvalue weighted by atomic mass is 9.89. The first-order valence-electron chi connectivity index (χ1n) is 10.3. The van der Waals surface area contributed by atoms with Crippen molar-refractivity contribution in [3.05, 3.63) is 47.7 Å². The van der Waals surface area contributed by atoms with Crippen LogP contribution in [0.5, 0.6) is 23.0 Å². The van der Waals surface area contributed by atoms with E-state index in [0.717, 1.165) is 24.1 Å². The number of piperidine rings is 1. The van der Waals surface area contributed by atoms with Gasteiger partial charge in [-0.3, -0.25) is 4.79 Å². The summed E-state index contributed by atoms with van der Waals surface area (Å²) in [6, 6.07) is 9.55. The Labute approximate surface area is 181 Å². The molecule has 1 N–H and O–H groups in total. The Kier molecular flexibility index (Phi) is 5.93. The Balaban J connectivity index is 1.52. The standard InChI is InChI=1S/C24H28N2O5/c1-28-16-5-7-20-18(13-16)19(14-25-20)15-9-11-26(12-10-15)24(27)17-6-8-21(29-2)23(31-4)22(17)30-3/h5-8,13-15,25H,9-12H2,1-4H3. The predicted molar refractivity (Wildman–Crippen MR) is 119 cm³/mol. The minimum atomic E-state index is -0.0585. The SMILES string of the molecule is COc1ccc2[nH]cc(C3CCN(C(=O)c4ccc(OC)c(OC)c4OC)CC3)c2c1. The summed E-state index contributed by atoms with van der Waals surface area (Å²) in [6.07, 6.45) is 3.88. The molecule has 1 aromatic heterocycles. The molecule has 1 aliphatic rings. The second-order valence-electron chi connectivity index (χ2n) is 7.60. The fourth-order valence-corrected chi connectivity index (χ4v) is 4.42. The molecular formula is C24H28N2O5. The second-order valence-corrected chi connectivity index (χ2v) is 7.60. The van der Waals surface area contributed by atoms with Crippen LogP contribution in [0.1, 0.15) is 34.7 Å². The molecule has 0 spiro atoms. The third kappa shape index (κ3) is 3.76. The molecule has 2 aromatic carbocycles. The van der Waals surface area contributed by atoms with Crippen molar-refractivity contribution in [1.82, 2.24) is 9.88 Å². The maximum atomic E-state index is 13.3. The average Bonchev–Trinajstić information content (AvgIpc) is 3.25. The number of aromatic amines is 1. The minimum Gasteiger partial charge on any atom is -0.497 e. The lowest BCUT2D eigenvalue weighted by Crippen LogP contribution is -2.38. The summed E-state index contributed by atoms with van der Waals surface area (Å²) in [7, 11) is 6.31. The number of methoxy groups -OCH3 is 4. The first kappa shape index (κ1) is 20.9. The Hall–Kier alpha value is -3.35. The number of nitrogens with one attached hydrogen (secondary N) is 1. The number of likely N-dealkylation sites (tertiary alicyclic amines) is 1. The van der Waals surface area contributed by atoms with Crippen LogP contribution >= 0.6 is 0 Å². The van der Waals surface area contributed by atoms with E-state index in [1.807, 2.05) is 17.0 Å². The zero-order chi connectivity index (χ0) is 22.0. The van der Waals surface area contributed by atoms with Gasteiger partial charge in [-0.15, -0.1) is 0 Å². The summed E-state index contributed by atoms with van der Waals surface area (Å²) in [5, 5.41) is 1.19. The molecule has 0 aliphatic carbocycles. The Morgan fingerprint density at radius 2 is 1.68 bits per heavy atom. The Morgan fingerprint density at radius 1 is 0.935 bits per heavy atom.